The van der Waals surface area contributed by atoms with Crippen LogP contribution in [-0.4, -0.2) is 96.7 Å². The third-order valence-electron chi connectivity index (χ3n) is 16.3. The molecule has 0 aliphatic carbocycles. The van der Waals surface area contributed by atoms with Crippen molar-refractivity contribution in [3.63, 3.8) is 0 Å². The van der Waals surface area contributed by atoms with E-state index in [4.69, 9.17) is 37.0 Å². The Morgan fingerprint density at radius 3 is 0.816 bits per heavy atom. The number of aliphatic hydroxyl groups excluding tert-OH is 1. The normalized spacial score (nSPS) is 15.0. The van der Waals surface area contributed by atoms with Gasteiger partial charge in [0.25, 0.3) is 0 Å². The molecule has 0 spiro atoms. The molecule has 0 bridgehead atoms. The highest BCUT2D eigenvalue weighted by atomic mass is 31.2. The molecule has 87 heavy (non-hydrogen) atoms. The molecule has 3 N–H and O–H groups in total. The van der Waals surface area contributed by atoms with E-state index < -0.39 is 97.5 Å². The fourth-order valence-corrected chi connectivity index (χ4v) is 11.7. The van der Waals surface area contributed by atoms with Gasteiger partial charge in [0.15, 0.2) is 12.2 Å². The van der Waals surface area contributed by atoms with Crippen LogP contribution in [0.15, 0.2) is 0 Å². The molecule has 0 rings (SSSR count). The zero-order valence-electron chi connectivity index (χ0n) is 56.6. The molecular weight excluding hydrogens is 1150 g/mol. The smallest absolute Gasteiger partial charge is 0.462 e. The van der Waals surface area contributed by atoms with E-state index in [1.807, 2.05) is 0 Å². The standard InChI is InChI=1S/C68H132O17P2/c1-9-60(7)46-38-30-22-13-11-12-14-25-34-42-50-67(72)84-64(55-79-66(71)49-41-33-27-19-21-29-37-45-59(5)6)57-83-87(76,77)81-53-62(69)52-80-86(74,75)82-56-63(85-68(73)51-43-35-26-17-15-20-28-36-44-58(3)4)54-78-65(70)48-40-32-24-18-16-23-31-39-47-61(8)10-2/h58-64,69H,9-57H2,1-8H3,(H,74,75)(H,76,77)/t60?,61?,62?,63-,64-/m1/s1. The Kier molecular flexibility index (Phi) is 56.6. The number of carbonyl (C=O) groups excluding carboxylic acids is 4. The lowest BCUT2D eigenvalue weighted by Gasteiger charge is -2.21. The van der Waals surface area contributed by atoms with Crippen LogP contribution in [0, 0.1) is 23.7 Å². The molecule has 17 nitrogen and oxygen atoms in total. The summed E-state index contributed by atoms with van der Waals surface area (Å²) >= 11 is 0. The summed E-state index contributed by atoms with van der Waals surface area (Å²) in [5.74, 6) is 0.869. The molecule has 0 fully saturated rings. The Hall–Kier alpha value is -1.94. The van der Waals surface area contributed by atoms with Gasteiger partial charge in [-0.2, -0.15) is 0 Å². The zero-order valence-corrected chi connectivity index (χ0v) is 58.4. The number of carbonyl (C=O) groups is 4. The number of phosphoric acid groups is 2. The van der Waals surface area contributed by atoms with Gasteiger partial charge in [0.05, 0.1) is 26.4 Å². The summed E-state index contributed by atoms with van der Waals surface area (Å²) in [6, 6.07) is 0. The fraction of sp³-hybridized carbons (Fsp3) is 0.941. The van der Waals surface area contributed by atoms with Gasteiger partial charge in [0.2, 0.25) is 0 Å². The molecule has 0 saturated carbocycles. The van der Waals surface area contributed by atoms with Gasteiger partial charge in [-0.05, 0) is 49.4 Å². The maximum Gasteiger partial charge on any atom is 0.472 e. The second-order valence-corrected chi connectivity index (χ2v) is 28.9. The van der Waals surface area contributed by atoms with Crippen molar-refractivity contribution < 1.29 is 80.2 Å². The molecule has 0 aliphatic rings. The number of phosphoric ester groups is 2. The van der Waals surface area contributed by atoms with Crippen LogP contribution in [0.25, 0.3) is 0 Å². The number of hydrogen-bond donors (Lipinski definition) is 3. The highest BCUT2D eigenvalue weighted by Gasteiger charge is 2.30. The molecule has 0 aliphatic heterocycles. The van der Waals surface area contributed by atoms with Gasteiger partial charge >= 0.3 is 39.5 Å². The molecule has 19 heteroatoms. The number of aliphatic hydroxyl groups is 1. The van der Waals surface area contributed by atoms with Crippen LogP contribution in [0.3, 0.4) is 0 Å². The van der Waals surface area contributed by atoms with Crippen LogP contribution >= 0.6 is 15.6 Å². The van der Waals surface area contributed by atoms with Crippen molar-refractivity contribution >= 4 is 39.5 Å². The molecular formula is C68H132O17P2. The third kappa shape index (κ3) is 60.1. The summed E-state index contributed by atoms with van der Waals surface area (Å²) in [5.41, 5.74) is 0. The highest BCUT2D eigenvalue weighted by Crippen LogP contribution is 2.45. The van der Waals surface area contributed by atoms with Crippen molar-refractivity contribution in [3.05, 3.63) is 0 Å². The van der Waals surface area contributed by atoms with Crippen LogP contribution in [0.4, 0.5) is 0 Å². The number of unbranched alkanes of at least 4 members (excludes halogenated alkanes) is 29. The number of ether oxygens (including phenoxy) is 4. The zero-order chi connectivity index (χ0) is 64.7. The molecule has 0 heterocycles. The summed E-state index contributed by atoms with van der Waals surface area (Å²) in [5, 5.41) is 10.6. The second kappa shape index (κ2) is 57.9. The second-order valence-electron chi connectivity index (χ2n) is 26.0. The van der Waals surface area contributed by atoms with E-state index >= 15 is 0 Å². The predicted molar refractivity (Wildman–Crippen MR) is 349 cm³/mol. The minimum absolute atomic E-state index is 0.103. The van der Waals surface area contributed by atoms with Gasteiger partial charge in [0, 0.05) is 25.7 Å². The average molecular weight is 1280 g/mol. The number of hydrogen-bond acceptors (Lipinski definition) is 15. The molecule has 7 atom stereocenters. The van der Waals surface area contributed by atoms with E-state index in [1.165, 1.54) is 128 Å². The van der Waals surface area contributed by atoms with E-state index in [0.29, 0.717) is 31.6 Å². The summed E-state index contributed by atoms with van der Waals surface area (Å²) in [6.45, 7) is 14.1. The van der Waals surface area contributed by atoms with Gasteiger partial charge in [-0.1, -0.05) is 280 Å². The van der Waals surface area contributed by atoms with Gasteiger partial charge in [0.1, 0.15) is 19.3 Å². The van der Waals surface area contributed by atoms with Crippen LogP contribution in [0.5, 0.6) is 0 Å². The molecule has 5 unspecified atom stereocenters. The number of rotatable bonds is 65. The average Bonchev–Trinajstić information content (AvgIpc) is 3.68. The van der Waals surface area contributed by atoms with Gasteiger partial charge in [-0.25, -0.2) is 9.13 Å². The van der Waals surface area contributed by atoms with Crippen LogP contribution < -0.4 is 0 Å². The predicted octanol–water partition coefficient (Wildman–Crippen LogP) is 18.9. The van der Waals surface area contributed by atoms with Crippen molar-refractivity contribution in [1.29, 1.82) is 0 Å². The highest BCUT2D eigenvalue weighted by molar-refractivity contribution is 7.47. The van der Waals surface area contributed by atoms with Crippen LogP contribution in [0.2, 0.25) is 0 Å². The molecule has 0 aromatic heterocycles. The van der Waals surface area contributed by atoms with E-state index in [2.05, 4.69) is 55.4 Å². The Balaban J connectivity index is 5.26. The molecule has 0 saturated heterocycles. The van der Waals surface area contributed by atoms with Crippen LogP contribution in [0.1, 0.15) is 331 Å². The lowest BCUT2D eigenvalue weighted by atomic mass is 9.99. The largest absolute Gasteiger partial charge is 0.472 e. The lowest BCUT2D eigenvalue weighted by molar-refractivity contribution is -0.161. The van der Waals surface area contributed by atoms with Crippen molar-refractivity contribution in [2.75, 3.05) is 39.6 Å². The summed E-state index contributed by atoms with van der Waals surface area (Å²) in [4.78, 5) is 72.4. The Bertz CT molecular complexity index is 1730. The first-order valence-corrected chi connectivity index (χ1v) is 38.3. The minimum Gasteiger partial charge on any atom is -0.462 e. The van der Waals surface area contributed by atoms with Gasteiger partial charge in [-0.15, -0.1) is 0 Å². The van der Waals surface area contributed by atoms with Gasteiger partial charge in [-0.3, -0.25) is 37.3 Å². The van der Waals surface area contributed by atoms with E-state index in [1.54, 1.807) is 0 Å². The first-order valence-electron chi connectivity index (χ1n) is 35.3. The maximum absolute atomic E-state index is 13.0. The molecule has 0 aromatic carbocycles. The summed E-state index contributed by atoms with van der Waals surface area (Å²) < 4.78 is 68.2. The minimum atomic E-state index is -4.95. The first-order chi connectivity index (χ1) is 41.7. The van der Waals surface area contributed by atoms with Crippen molar-refractivity contribution in [1.82, 2.24) is 0 Å². The quantitative estimate of drug-likeness (QED) is 0.0222. The molecule has 0 radical (unpaired) electrons. The maximum atomic E-state index is 13.0. The third-order valence-corrected chi connectivity index (χ3v) is 18.2. The first kappa shape index (κ1) is 85.1. The van der Waals surface area contributed by atoms with Crippen molar-refractivity contribution in [2.24, 2.45) is 23.7 Å². The Labute approximate surface area is 530 Å². The Morgan fingerprint density at radius 2 is 0.552 bits per heavy atom. The fourth-order valence-electron chi connectivity index (χ4n) is 10.1. The summed E-state index contributed by atoms with van der Waals surface area (Å²) in [7, 11) is -9.90. The van der Waals surface area contributed by atoms with E-state index in [-0.39, 0.29) is 25.7 Å². The van der Waals surface area contributed by atoms with Crippen molar-refractivity contribution in [2.45, 2.75) is 350 Å². The molecule has 0 amide bonds. The summed E-state index contributed by atoms with van der Waals surface area (Å²) in [6.07, 6.45) is 38.9. The Morgan fingerprint density at radius 1 is 0.322 bits per heavy atom. The molecule has 516 valence electrons. The van der Waals surface area contributed by atoms with Gasteiger partial charge < -0.3 is 33.8 Å². The SMILES string of the molecule is CCC(C)CCCCCCCCCCCCC(=O)O[C@H](COC(=O)CCCCCCCCCC(C)C)COP(=O)(O)OCC(O)COP(=O)(O)OC[C@@H](COC(=O)CCCCCCCCCCC(C)CC)OC(=O)CCCCCCCCCCC(C)C. The molecule has 0 aromatic rings. The lowest BCUT2D eigenvalue weighted by Crippen LogP contribution is -2.30. The topological polar surface area (TPSA) is 237 Å². The monoisotopic (exact) mass is 1280 g/mol. The number of esters is 4. The van der Waals surface area contributed by atoms with E-state index in [9.17, 15) is 43.2 Å². The van der Waals surface area contributed by atoms with E-state index in [0.717, 1.165) is 114 Å². The van der Waals surface area contributed by atoms with Crippen LogP contribution in [-0.2, 0) is 65.4 Å². The van der Waals surface area contributed by atoms with Crippen molar-refractivity contribution in [3.8, 4) is 0 Å².